The van der Waals surface area contributed by atoms with Gasteiger partial charge < -0.3 is 9.73 Å². The van der Waals surface area contributed by atoms with Crippen molar-refractivity contribution < 1.29 is 17.6 Å². The molecule has 0 spiro atoms. The predicted octanol–water partition coefficient (Wildman–Crippen LogP) is 4.38. The third kappa shape index (κ3) is 4.66. The number of aryl methyl sites for hydroxylation is 1. The van der Waals surface area contributed by atoms with Gasteiger partial charge in [-0.2, -0.15) is 9.78 Å². The Morgan fingerprint density at radius 1 is 1.00 bits per heavy atom. The number of aromatic nitrogens is 3. The molecule has 3 aromatic carbocycles. The van der Waals surface area contributed by atoms with Crippen molar-refractivity contribution in [3.63, 3.8) is 0 Å². The van der Waals surface area contributed by atoms with Crippen molar-refractivity contribution in [2.75, 3.05) is 11.6 Å². The molecule has 0 atom stereocenters. The van der Waals surface area contributed by atoms with Crippen LogP contribution in [0, 0.1) is 6.92 Å². The smallest absolute Gasteiger partial charge is 0.279 e. The van der Waals surface area contributed by atoms with E-state index in [4.69, 9.17) is 4.42 Å². The molecule has 0 saturated heterocycles. The molecular formula is C27H22N4O5S. The standard InChI is InChI=1S/C27H22N4O5S/c1-16-10-18(24-14-28-15-36-24)12-19(11-16)26-21-6-4-5-7-22(21)27(33)31(30-26)23-13-20(29-17(2)32)8-9-25(23)37(3,34)35/h4-15H,1-3H3,(H,29,32). The van der Waals surface area contributed by atoms with Crippen LogP contribution in [0.15, 0.2) is 87.4 Å². The summed E-state index contributed by atoms with van der Waals surface area (Å²) in [4.78, 5) is 29.2. The summed E-state index contributed by atoms with van der Waals surface area (Å²) in [5.74, 6) is 0.238. The molecule has 0 bridgehead atoms. The maximum Gasteiger partial charge on any atom is 0.279 e. The second-order valence-corrected chi connectivity index (χ2v) is 10.7. The summed E-state index contributed by atoms with van der Waals surface area (Å²) < 4.78 is 31.9. The molecule has 0 aliphatic heterocycles. The second kappa shape index (κ2) is 9.14. The van der Waals surface area contributed by atoms with Gasteiger partial charge in [0.2, 0.25) is 5.91 Å². The van der Waals surface area contributed by atoms with Crippen molar-refractivity contribution in [3.8, 4) is 28.3 Å². The number of benzene rings is 3. The Kier molecular flexibility index (Phi) is 5.96. The summed E-state index contributed by atoms with van der Waals surface area (Å²) in [5, 5.41) is 8.28. The van der Waals surface area contributed by atoms with E-state index in [0.29, 0.717) is 33.5 Å². The van der Waals surface area contributed by atoms with E-state index >= 15 is 0 Å². The average Bonchev–Trinajstić information content (AvgIpc) is 3.38. The predicted molar refractivity (Wildman–Crippen MR) is 140 cm³/mol. The van der Waals surface area contributed by atoms with E-state index in [1.54, 1.807) is 24.4 Å². The Labute approximate surface area is 212 Å². The van der Waals surface area contributed by atoms with Crippen LogP contribution in [-0.4, -0.2) is 35.3 Å². The van der Waals surface area contributed by atoms with Crippen LogP contribution in [-0.2, 0) is 14.6 Å². The minimum atomic E-state index is -3.75. The lowest BCUT2D eigenvalue weighted by molar-refractivity contribution is -0.114. The minimum absolute atomic E-state index is 0.0360. The first kappa shape index (κ1) is 24.1. The average molecular weight is 515 g/mol. The molecule has 2 heterocycles. The second-order valence-electron chi connectivity index (χ2n) is 8.70. The van der Waals surface area contributed by atoms with Gasteiger partial charge in [-0.3, -0.25) is 9.59 Å². The lowest BCUT2D eigenvalue weighted by Crippen LogP contribution is -2.24. The fourth-order valence-electron chi connectivity index (χ4n) is 4.26. The number of nitrogens with zero attached hydrogens (tertiary/aromatic N) is 3. The number of sulfone groups is 1. The lowest BCUT2D eigenvalue weighted by atomic mass is 9.99. The molecular weight excluding hydrogens is 492 g/mol. The van der Waals surface area contributed by atoms with E-state index in [0.717, 1.165) is 22.1 Å². The zero-order chi connectivity index (χ0) is 26.3. The first-order valence-corrected chi connectivity index (χ1v) is 13.2. The van der Waals surface area contributed by atoms with Crippen molar-refractivity contribution in [2.24, 2.45) is 0 Å². The number of fused-ring (bicyclic) bond motifs is 1. The number of amides is 1. The Morgan fingerprint density at radius 3 is 2.41 bits per heavy atom. The number of carbonyl (C=O) groups excluding carboxylic acids is 1. The van der Waals surface area contributed by atoms with Crippen molar-refractivity contribution in [3.05, 3.63) is 89.2 Å². The van der Waals surface area contributed by atoms with Gasteiger partial charge in [0.1, 0.15) is 0 Å². The van der Waals surface area contributed by atoms with E-state index in [2.05, 4.69) is 15.4 Å². The summed E-state index contributed by atoms with van der Waals surface area (Å²) >= 11 is 0. The number of anilines is 1. The van der Waals surface area contributed by atoms with Crippen LogP contribution in [0.1, 0.15) is 12.5 Å². The zero-order valence-electron chi connectivity index (χ0n) is 20.2. The van der Waals surface area contributed by atoms with Crippen molar-refractivity contribution in [2.45, 2.75) is 18.7 Å². The topological polar surface area (TPSA) is 124 Å². The summed E-state index contributed by atoms with van der Waals surface area (Å²) in [5.41, 5.74) is 2.76. The Morgan fingerprint density at radius 2 is 1.73 bits per heavy atom. The highest BCUT2D eigenvalue weighted by atomic mass is 32.2. The van der Waals surface area contributed by atoms with Gasteiger partial charge in [-0.25, -0.2) is 13.4 Å². The van der Waals surface area contributed by atoms with Crippen LogP contribution in [0.4, 0.5) is 5.69 Å². The summed E-state index contributed by atoms with van der Waals surface area (Å²) in [6, 6.07) is 17.0. The van der Waals surface area contributed by atoms with Gasteiger partial charge in [0.25, 0.3) is 5.56 Å². The number of hydrogen-bond acceptors (Lipinski definition) is 7. The molecule has 1 amide bonds. The molecule has 5 aromatic rings. The summed E-state index contributed by atoms with van der Waals surface area (Å²) in [6.07, 6.45) is 4.01. The fraction of sp³-hybridized carbons (Fsp3) is 0.111. The number of carbonyl (C=O) groups is 1. The molecule has 0 aliphatic carbocycles. The molecule has 0 unspecified atom stereocenters. The first-order chi connectivity index (χ1) is 17.6. The maximum atomic E-state index is 13.6. The van der Waals surface area contributed by atoms with E-state index < -0.39 is 15.4 Å². The summed E-state index contributed by atoms with van der Waals surface area (Å²) in [6.45, 7) is 3.27. The number of hydrogen-bond donors (Lipinski definition) is 1. The first-order valence-electron chi connectivity index (χ1n) is 11.3. The van der Waals surface area contributed by atoms with Crippen molar-refractivity contribution >= 4 is 32.2 Å². The monoisotopic (exact) mass is 514 g/mol. The molecule has 0 radical (unpaired) electrons. The van der Waals surface area contributed by atoms with Gasteiger partial charge in [-0.1, -0.05) is 18.2 Å². The van der Waals surface area contributed by atoms with Crippen LogP contribution in [0.2, 0.25) is 0 Å². The van der Waals surface area contributed by atoms with E-state index in [1.807, 2.05) is 31.2 Å². The van der Waals surface area contributed by atoms with Crippen molar-refractivity contribution in [1.29, 1.82) is 0 Å². The van der Waals surface area contributed by atoms with Crippen LogP contribution in [0.5, 0.6) is 0 Å². The van der Waals surface area contributed by atoms with Crippen LogP contribution in [0.3, 0.4) is 0 Å². The van der Waals surface area contributed by atoms with Gasteiger partial charge in [-0.15, -0.1) is 0 Å². The van der Waals surface area contributed by atoms with E-state index in [1.165, 1.54) is 31.5 Å². The van der Waals surface area contributed by atoms with Gasteiger partial charge >= 0.3 is 0 Å². The molecule has 0 fully saturated rings. The molecule has 0 aliphatic rings. The van der Waals surface area contributed by atoms with Gasteiger partial charge in [0.05, 0.1) is 27.9 Å². The fourth-order valence-corrected chi connectivity index (χ4v) is 5.10. The van der Waals surface area contributed by atoms with Crippen molar-refractivity contribution in [1.82, 2.24) is 14.8 Å². The Balaban J connectivity index is 1.84. The quantitative estimate of drug-likeness (QED) is 0.369. The molecule has 10 heteroatoms. The third-order valence-corrected chi connectivity index (χ3v) is 6.92. The Bertz CT molecular complexity index is 1840. The Hall–Kier alpha value is -4.57. The van der Waals surface area contributed by atoms with Crippen LogP contribution in [0.25, 0.3) is 39.0 Å². The molecule has 5 rings (SSSR count). The van der Waals surface area contributed by atoms with Crippen LogP contribution >= 0.6 is 0 Å². The van der Waals surface area contributed by atoms with Gasteiger partial charge in [-0.05, 0) is 55.0 Å². The lowest BCUT2D eigenvalue weighted by Gasteiger charge is -2.16. The zero-order valence-corrected chi connectivity index (χ0v) is 21.0. The molecule has 186 valence electrons. The molecule has 0 saturated carbocycles. The number of rotatable bonds is 5. The maximum absolute atomic E-state index is 13.6. The molecule has 9 nitrogen and oxygen atoms in total. The molecule has 1 N–H and O–H groups in total. The highest BCUT2D eigenvalue weighted by Gasteiger charge is 2.21. The van der Waals surface area contributed by atoms with Gasteiger partial charge in [0.15, 0.2) is 22.0 Å². The molecule has 2 aromatic heterocycles. The van der Waals surface area contributed by atoms with E-state index in [-0.39, 0.29) is 16.5 Å². The highest BCUT2D eigenvalue weighted by Crippen LogP contribution is 2.32. The molecule has 37 heavy (non-hydrogen) atoms. The minimum Gasteiger partial charge on any atom is -0.444 e. The summed E-state index contributed by atoms with van der Waals surface area (Å²) in [7, 11) is -3.75. The largest absolute Gasteiger partial charge is 0.444 e. The number of oxazole rings is 1. The van der Waals surface area contributed by atoms with Gasteiger partial charge in [0, 0.05) is 35.4 Å². The van der Waals surface area contributed by atoms with Crippen LogP contribution < -0.4 is 10.9 Å². The normalized spacial score (nSPS) is 11.5. The highest BCUT2D eigenvalue weighted by molar-refractivity contribution is 7.90. The third-order valence-electron chi connectivity index (χ3n) is 5.78. The SMILES string of the molecule is CC(=O)Nc1ccc(S(C)(=O)=O)c(-n2nc(-c3cc(C)cc(-c4cnco4)c3)c3ccccc3c2=O)c1. The number of nitrogens with one attached hydrogen (secondary N) is 1. The van der Waals surface area contributed by atoms with E-state index in [9.17, 15) is 18.0 Å².